The van der Waals surface area contributed by atoms with Gasteiger partial charge in [-0.05, 0) is 36.4 Å². The third-order valence-corrected chi connectivity index (χ3v) is 4.82. The van der Waals surface area contributed by atoms with Gasteiger partial charge in [0, 0.05) is 29.7 Å². The molecule has 0 unspecified atom stereocenters. The summed E-state index contributed by atoms with van der Waals surface area (Å²) in [6.45, 7) is 0. The maximum absolute atomic E-state index is 12.3. The van der Waals surface area contributed by atoms with E-state index in [0.717, 1.165) is 11.3 Å². The third kappa shape index (κ3) is 3.94. The van der Waals surface area contributed by atoms with Crippen molar-refractivity contribution >= 4 is 29.0 Å². The molecule has 0 bridgehead atoms. The molecule has 0 atom stereocenters. The number of methoxy groups -OCH3 is 1. The molecule has 0 saturated heterocycles. The molecule has 140 valence electrons. The predicted octanol–water partition coefficient (Wildman–Crippen LogP) is 2.93. The highest BCUT2D eigenvalue weighted by Gasteiger charge is 2.12. The molecule has 0 saturated carbocycles. The van der Waals surface area contributed by atoms with Crippen molar-refractivity contribution in [3.63, 3.8) is 0 Å². The second kappa shape index (κ2) is 8.05. The average Bonchev–Trinajstić information content (AvgIpc) is 3.15. The number of anilines is 1. The molecule has 8 nitrogen and oxygen atoms in total. The van der Waals surface area contributed by atoms with Gasteiger partial charge in [-0.3, -0.25) is 9.78 Å². The van der Waals surface area contributed by atoms with Crippen LogP contribution in [0, 0.1) is 0 Å². The number of nitrogens with zero attached hydrogens (tertiary/aromatic N) is 5. The molecule has 0 radical (unpaired) electrons. The molecule has 0 fully saturated rings. The lowest BCUT2D eigenvalue weighted by atomic mass is 10.2. The van der Waals surface area contributed by atoms with Crippen molar-refractivity contribution in [2.75, 3.05) is 18.2 Å². The van der Waals surface area contributed by atoms with E-state index in [0.29, 0.717) is 22.2 Å². The van der Waals surface area contributed by atoms with Crippen LogP contribution in [0.3, 0.4) is 0 Å². The molecule has 3 aromatic heterocycles. The number of pyridine rings is 1. The summed E-state index contributed by atoms with van der Waals surface area (Å²) < 4.78 is 6.80. The topological polar surface area (TPSA) is 94.3 Å². The SMILES string of the molecule is COc1cccc(NC(=O)CSc2nnc3ccc(-c4ccncc4)nn23)c1. The van der Waals surface area contributed by atoms with Crippen LogP contribution >= 0.6 is 11.8 Å². The zero-order valence-corrected chi connectivity index (χ0v) is 15.8. The van der Waals surface area contributed by atoms with Crippen molar-refractivity contribution in [1.82, 2.24) is 24.8 Å². The standard InChI is InChI=1S/C19H16N6O2S/c1-27-15-4-2-3-14(11-15)21-18(26)12-28-19-23-22-17-6-5-16(24-25(17)19)13-7-9-20-10-8-13/h2-11H,12H2,1H3,(H,21,26). The third-order valence-electron chi connectivity index (χ3n) is 3.90. The Morgan fingerprint density at radius 1 is 1.14 bits per heavy atom. The Kier molecular flexibility index (Phi) is 5.16. The highest BCUT2D eigenvalue weighted by atomic mass is 32.2. The molecule has 9 heteroatoms. The number of benzene rings is 1. The van der Waals surface area contributed by atoms with Gasteiger partial charge in [0.05, 0.1) is 18.6 Å². The molecule has 1 N–H and O–H groups in total. The van der Waals surface area contributed by atoms with Gasteiger partial charge in [-0.25, -0.2) is 0 Å². The maximum Gasteiger partial charge on any atom is 0.234 e. The minimum Gasteiger partial charge on any atom is -0.497 e. The molecule has 28 heavy (non-hydrogen) atoms. The minimum absolute atomic E-state index is 0.153. The molecule has 0 aliphatic rings. The zero-order valence-electron chi connectivity index (χ0n) is 14.9. The molecular weight excluding hydrogens is 376 g/mol. The number of nitrogens with one attached hydrogen (secondary N) is 1. The average molecular weight is 392 g/mol. The van der Waals surface area contributed by atoms with Gasteiger partial charge in [0.1, 0.15) is 5.75 Å². The van der Waals surface area contributed by atoms with E-state index in [2.05, 4.69) is 25.6 Å². The molecule has 0 aliphatic carbocycles. The first kappa shape index (κ1) is 17.9. The monoisotopic (exact) mass is 392 g/mol. The largest absolute Gasteiger partial charge is 0.497 e. The lowest BCUT2D eigenvalue weighted by Crippen LogP contribution is -2.14. The molecule has 0 aliphatic heterocycles. The normalized spacial score (nSPS) is 10.8. The molecule has 4 aromatic rings. The fourth-order valence-corrected chi connectivity index (χ4v) is 3.25. The summed E-state index contributed by atoms with van der Waals surface area (Å²) in [5, 5.41) is 16.2. The summed E-state index contributed by atoms with van der Waals surface area (Å²) in [5.41, 5.74) is 3.01. The van der Waals surface area contributed by atoms with Gasteiger partial charge in [0.15, 0.2) is 5.65 Å². The van der Waals surface area contributed by atoms with Crippen LogP contribution in [0.15, 0.2) is 66.1 Å². The molecule has 3 heterocycles. The van der Waals surface area contributed by atoms with E-state index in [-0.39, 0.29) is 11.7 Å². The predicted molar refractivity (Wildman–Crippen MR) is 106 cm³/mol. The van der Waals surface area contributed by atoms with Crippen molar-refractivity contribution in [3.05, 3.63) is 60.9 Å². The van der Waals surface area contributed by atoms with E-state index in [1.54, 1.807) is 36.2 Å². The lowest BCUT2D eigenvalue weighted by molar-refractivity contribution is -0.113. The van der Waals surface area contributed by atoms with Crippen molar-refractivity contribution in [3.8, 4) is 17.0 Å². The Bertz CT molecular complexity index is 1120. The van der Waals surface area contributed by atoms with E-state index in [4.69, 9.17) is 4.74 Å². The summed E-state index contributed by atoms with van der Waals surface area (Å²) in [4.78, 5) is 16.3. The summed E-state index contributed by atoms with van der Waals surface area (Å²) in [6, 6.07) is 14.7. The number of hydrogen-bond acceptors (Lipinski definition) is 7. The zero-order chi connectivity index (χ0) is 19.3. The van der Waals surface area contributed by atoms with Crippen LogP contribution in [-0.4, -0.2) is 43.6 Å². The van der Waals surface area contributed by atoms with Crippen LogP contribution in [-0.2, 0) is 4.79 Å². The fourth-order valence-electron chi connectivity index (χ4n) is 2.56. The first-order valence-electron chi connectivity index (χ1n) is 8.42. The number of fused-ring (bicyclic) bond motifs is 1. The molecule has 4 rings (SSSR count). The van der Waals surface area contributed by atoms with E-state index in [1.165, 1.54) is 11.8 Å². The highest BCUT2D eigenvalue weighted by Crippen LogP contribution is 2.21. The first-order chi connectivity index (χ1) is 13.7. The molecule has 1 amide bonds. The van der Waals surface area contributed by atoms with Gasteiger partial charge in [-0.2, -0.15) is 9.61 Å². The van der Waals surface area contributed by atoms with Gasteiger partial charge >= 0.3 is 0 Å². The van der Waals surface area contributed by atoms with Gasteiger partial charge in [0.2, 0.25) is 11.1 Å². The molecule has 0 spiro atoms. The van der Waals surface area contributed by atoms with Gasteiger partial charge in [0.25, 0.3) is 0 Å². The number of aromatic nitrogens is 5. The van der Waals surface area contributed by atoms with Crippen LogP contribution < -0.4 is 10.1 Å². The molecular formula is C19H16N6O2S. The second-order valence-electron chi connectivity index (χ2n) is 5.78. The highest BCUT2D eigenvalue weighted by molar-refractivity contribution is 7.99. The summed E-state index contributed by atoms with van der Waals surface area (Å²) >= 11 is 1.27. The Morgan fingerprint density at radius 3 is 2.82 bits per heavy atom. The van der Waals surface area contributed by atoms with E-state index < -0.39 is 0 Å². The number of rotatable bonds is 6. The van der Waals surface area contributed by atoms with E-state index in [9.17, 15) is 4.79 Å². The lowest BCUT2D eigenvalue weighted by Gasteiger charge is -2.06. The van der Waals surface area contributed by atoms with Crippen LogP contribution in [0.4, 0.5) is 5.69 Å². The number of ether oxygens (including phenoxy) is 1. The number of hydrogen-bond donors (Lipinski definition) is 1. The fraction of sp³-hybridized carbons (Fsp3) is 0.105. The van der Waals surface area contributed by atoms with E-state index in [1.807, 2.05) is 36.4 Å². The first-order valence-corrected chi connectivity index (χ1v) is 9.41. The Labute approximate surface area is 165 Å². The Morgan fingerprint density at radius 2 is 2.00 bits per heavy atom. The summed E-state index contributed by atoms with van der Waals surface area (Å²) in [7, 11) is 1.58. The van der Waals surface area contributed by atoms with Crippen LogP contribution in [0.5, 0.6) is 5.75 Å². The second-order valence-corrected chi connectivity index (χ2v) is 6.72. The maximum atomic E-state index is 12.3. The van der Waals surface area contributed by atoms with Crippen LogP contribution in [0.25, 0.3) is 16.9 Å². The van der Waals surface area contributed by atoms with Crippen molar-refractivity contribution < 1.29 is 9.53 Å². The summed E-state index contributed by atoms with van der Waals surface area (Å²) in [5.74, 6) is 0.709. The quantitative estimate of drug-likeness (QED) is 0.504. The smallest absolute Gasteiger partial charge is 0.234 e. The Balaban J connectivity index is 1.47. The van der Waals surface area contributed by atoms with Gasteiger partial charge in [-0.15, -0.1) is 10.2 Å². The van der Waals surface area contributed by atoms with Crippen LogP contribution in [0.1, 0.15) is 0 Å². The van der Waals surface area contributed by atoms with Crippen LogP contribution in [0.2, 0.25) is 0 Å². The van der Waals surface area contributed by atoms with Gasteiger partial charge < -0.3 is 10.1 Å². The number of carbonyl (C=O) groups excluding carboxylic acids is 1. The van der Waals surface area contributed by atoms with Crippen molar-refractivity contribution in [2.24, 2.45) is 0 Å². The van der Waals surface area contributed by atoms with E-state index >= 15 is 0 Å². The molecule has 1 aromatic carbocycles. The number of carbonyl (C=O) groups is 1. The number of amides is 1. The minimum atomic E-state index is -0.153. The van der Waals surface area contributed by atoms with Crippen molar-refractivity contribution in [2.45, 2.75) is 5.16 Å². The summed E-state index contributed by atoms with van der Waals surface area (Å²) in [6.07, 6.45) is 3.43. The van der Waals surface area contributed by atoms with Crippen molar-refractivity contribution in [1.29, 1.82) is 0 Å². The van der Waals surface area contributed by atoms with Gasteiger partial charge in [-0.1, -0.05) is 17.8 Å². The number of thioether (sulfide) groups is 1. The Hall–Kier alpha value is -3.46.